The van der Waals surface area contributed by atoms with Crippen molar-refractivity contribution in [1.29, 1.82) is 0 Å². The van der Waals surface area contributed by atoms with Gasteiger partial charge in [-0.3, -0.25) is 15.0 Å². The van der Waals surface area contributed by atoms with Crippen LogP contribution in [0.4, 0.5) is 0 Å². The van der Waals surface area contributed by atoms with Crippen molar-refractivity contribution in [3.8, 4) is 5.75 Å². The number of carbonyl (C=O) groups excluding carboxylic acids is 2. The second-order valence-corrected chi connectivity index (χ2v) is 5.41. The molecule has 0 radical (unpaired) electrons. The van der Waals surface area contributed by atoms with E-state index in [9.17, 15) is 14.7 Å². The van der Waals surface area contributed by atoms with Gasteiger partial charge in [-0.1, -0.05) is 36.9 Å². The Labute approximate surface area is 138 Å². The molecule has 1 atom stereocenters. The van der Waals surface area contributed by atoms with Crippen molar-refractivity contribution in [3.63, 3.8) is 0 Å². The summed E-state index contributed by atoms with van der Waals surface area (Å²) in [5.74, 6) is -1.27. The van der Waals surface area contributed by atoms with Crippen LogP contribution in [0.3, 0.4) is 0 Å². The zero-order valence-corrected chi connectivity index (χ0v) is 12.7. The van der Waals surface area contributed by atoms with Crippen molar-refractivity contribution in [2.75, 3.05) is 0 Å². The summed E-state index contributed by atoms with van der Waals surface area (Å²) in [5.41, 5.74) is 8.31. The molecule has 0 aromatic heterocycles. The van der Waals surface area contributed by atoms with Crippen molar-refractivity contribution in [2.24, 2.45) is 11.0 Å². The van der Waals surface area contributed by atoms with Crippen LogP contribution < -0.4 is 16.3 Å². The molecule has 24 heavy (non-hydrogen) atoms. The zero-order chi connectivity index (χ0) is 17.1. The number of rotatable bonds is 4. The summed E-state index contributed by atoms with van der Waals surface area (Å²) in [6, 6.07) is 10.9. The van der Waals surface area contributed by atoms with E-state index in [2.05, 4.69) is 28.0 Å². The lowest BCUT2D eigenvalue weighted by Crippen LogP contribution is -2.27. The second-order valence-electron chi connectivity index (χ2n) is 5.41. The molecule has 1 aliphatic rings. The second kappa shape index (κ2) is 6.41. The summed E-state index contributed by atoms with van der Waals surface area (Å²) in [7, 11) is 0. The van der Waals surface area contributed by atoms with Crippen molar-refractivity contribution >= 4 is 28.8 Å². The molecule has 1 saturated heterocycles. The lowest BCUT2D eigenvalue weighted by Gasteiger charge is -2.06. The Hall–Kier alpha value is -3.35. The highest BCUT2D eigenvalue weighted by Crippen LogP contribution is 2.25. The number of amides is 2. The number of aromatic hydroxyl groups is 1. The van der Waals surface area contributed by atoms with E-state index in [1.807, 2.05) is 24.3 Å². The van der Waals surface area contributed by atoms with Crippen molar-refractivity contribution in [1.82, 2.24) is 16.3 Å². The van der Waals surface area contributed by atoms with Crippen molar-refractivity contribution in [2.45, 2.75) is 6.42 Å². The molecule has 0 saturated carbocycles. The van der Waals surface area contributed by atoms with Gasteiger partial charge in [-0.25, -0.2) is 5.43 Å². The molecule has 1 aliphatic heterocycles. The minimum atomic E-state index is -0.619. The topological polar surface area (TPSA) is 103 Å². The number of carbonyl (C=O) groups is 2. The van der Waals surface area contributed by atoms with E-state index >= 15 is 0 Å². The third kappa shape index (κ3) is 3.05. The van der Waals surface area contributed by atoms with Gasteiger partial charge < -0.3 is 10.5 Å². The molecule has 122 valence electrons. The Morgan fingerprint density at radius 2 is 2.08 bits per heavy atom. The van der Waals surface area contributed by atoms with Crippen LogP contribution in [0, 0.1) is 5.92 Å². The van der Waals surface area contributed by atoms with Gasteiger partial charge in [0.1, 0.15) is 5.75 Å². The van der Waals surface area contributed by atoms with Gasteiger partial charge >= 0.3 is 0 Å². The first-order valence-corrected chi connectivity index (χ1v) is 7.33. The fourth-order valence-corrected chi connectivity index (χ4v) is 2.51. The molecule has 7 heteroatoms. The molecule has 2 aromatic carbocycles. The van der Waals surface area contributed by atoms with Crippen LogP contribution in [0.2, 0.25) is 0 Å². The molecule has 2 aromatic rings. The first-order valence-electron chi connectivity index (χ1n) is 7.33. The van der Waals surface area contributed by atoms with Crippen LogP contribution in [-0.4, -0.2) is 23.1 Å². The van der Waals surface area contributed by atoms with Crippen molar-refractivity contribution < 1.29 is 14.7 Å². The van der Waals surface area contributed by atoms with E-state index in [1.54, 1.807) is 12.1 Å². The van der Waals surface area contributed by atoms with Crippen LogP contribution in [0.1, 0.15) is 12.0 Å². The number of hydrazone groups is 1. The highest BCUT2D eigenvalue weighted by atomic mass is 16.3. The summed E-state index contributed by atoms with van der Waals surface area (Å²) in [6.07, 6.45) is 1.33. The summed E-state index contributed by atoms with van der Waals surface area (Å²) in [5, 5.41) is 15.6. The molecule has 1 unspecified atom stereocenters. The monoisotopic (exact) mass is 324 g/mol. The Morgan fingerprint density at radius 3 is 2.83 bits per heavy atom. The summed E-state index contributed by atoms with van der Waals surface area (Å²) in [6.45, 7) is 3.67. The lowest BCUT2D eigenvalue weighted by atomic mass is 10.0. The number of nitrogens with zero attached hydrogens (tertiary/aromatic N) is 1. The number of hydrogen-bond donors (Lipinski definition) is 4. The minimum absolute atomic E-state index is 0.0590. The third-order valence-electron chi connectivity index (χ3n) is 3.80. The number of phenols is 1. The van der Waals surface area contributed by atoms with E-state index in [4.69, 9.17) is 0 Å². The van der Waals surface area contributed by atoms with Crippen LogP contribution in [0.5, 0.6) is 5.75 Å². The van der Waals surface area contributed by atoms with Crippen LogP contribution in [0.15, 0.2) is 53.8 Å². The number of nitrogens with one attached hydrogen (secondary N) is 3. The van der Waals surface area contributed by atoms with Gasteiger partial charge in [-0.05, 0) is 16.8 Å². The number of fused-ring (bicyclic) bond motifs is 1. The third-order valence-corrected chi connectivity index (χ3v) is 3.80. The van der Waals surface area contributed by atoms with Gasteiger partial charge in [0.25, 0.3) is 0 Å². The van der Waals surface area contributed by atoms with Gasteiger partial charge in [-0.15, -0.1) is 0 Å². The quantitative estimate of drug-likeness (QED) is 0.500. The molecule has 1 fully saturated rings. The maximum Gasteiger partial charge on any atom is 0.247 e. The maximum absolute atomic E-state index is 11.9. The maximum atomic E-state index is 11.9. The number of phenolic OH excluding ortho intramolecular Hbond substituents is 1. The number of benzene rings is 2. The van der Waals surface area contributed by atoms with Gasteiger partial charge in [0, 0.05) is 17.7 Å². The van der Waals surface area contributed by atoms with E-state index in [1.165, 1.54) is 6.21 Å². The fraction of sp³-hybridized carbons (Fsp3) is 0.118. The SMILES string of the molecule is C=C1NNC(=O)C1CC(=O)NN=Cc1c(O)ccc2ccccc12. The summed E-state index contributed by atoms with van der Waals surface area (Å²) < 4.78 is 0. The Bertz CT molecular complexity index is 844. The fourth-order valence-electron chi connectivity index (χ4n) is 2.51. The zero-order valence-electron chi connectivity index (χ0n) is 12.7. The molecule has 0 spiro atoms. The van der Waals surface area contributed by atoms with Crippen molar-refractivity contribution in [3.05, 3.63) is 54.2 Å². The summed E-state index contributed by atoms with van der Waals surface area (Å²) >= 11 is 0. The van der Waals surface area contributed by atoms with E-state index in [0.29, 0.717) is 11.3 Å². The largest absolute Gasteiger partial charge is 0.507 e. The van der Waals surface area contributed by atoms with Gasteiger partial charge in [-0.2, -0.15) is 5.10 Å². The van der Waals surface area contributed by atoms with E-state index < -0.39 is 11.8 Å². The summed E-state index contributed by atoms with van der Waals surface area (Å²) in [4.78, 5) is 23.4. The van der Waals surface area contributed by atoms with Gasteiger partial charge in [0.05, 0.1) is 12.1 Å². The Morgan fingerprint density at radius 1 is 1.29 bits per heavy atom. The van der Waals surface area contributed by atoms with Gasteiger partial charge in [0.15, 0.2) is 0 Å². The van der Waals surface area contributed by atoms with Gasteiger partial charge in [0.2, 0.25) is 11.8 Å². The Balaban J connectivity index is 1.71. The molecule has 2 amide bonds. The average Bonchev–Trinajstić information content (AvgIpc) is 2.89. The average molecular weight is 324 g/mol. The molecular formula is C17H16N4O3. The number of hydrogen-bond acceptors (Lipinski definition) is 5. The minimum Gasteiger partial charge on any atom is -0.507 e. The molecule has 3 rings (SSSR count). The first-order chi connectivity index (χ1) is 11.6. The highest BCUT2D eigenvalue weighted by molar-refractivity contribution is 6.02. The standard InChI is InChI=1S/C17H16N4O3/c1-10-13(17(24)21-19-10)8-16(23)20-18-9-14-12-5-3-2-4-11(12)6-7-15(14)22/h2-7,9,13,19,22H,1,8H2,(H,20,23)(H,21,24). The smallest absolute Gasteiger partial charge is 0.247 e. The normalized spacial score (nSPS) is 17.1. The van der Waals surface area contributed by atoms with E-state index in [0.717, 1.165) is 10.8 Å². The van der Waals surface area contributed by atoms with Crippen LogP contribution in [0.25, 0.3) is 10.8 Å². The lowest BCUT2D eigenvalue weighted by molar-refractivity contribution is -0.127. The number of hydrazine groups is 1. The van der Waals surface area contributed by atoms with Crippen LogP contribution in [-0.2, 0) is 9.59 Å². The predicted molar refractivity (Wildman–Crippen MR) is 89.9 cm³/mol. The van der Waals surface area contributed by atoms with Crippen LogP contribution >= 0.6 is 0 Å². The molecule has 7 nitrogen and oxygen atoms in total. The highest BCUT2D eigenvalue weighted by Gasteiger charge is 2.29. The molecular weight excluding hydrogens is 308 g/mol. The molecule has 1 heterocycles. The Kier molecular flexibility index (Phi) is 4.15. The predicted octanol–water partition coefficient (Wildman–Crippen LogP) is 1.15. The molecule has 4 N–H and O–H groups in total. The van der Waals surface area contributed by atoms with E-state index in [-0.39, 0.29) is 18.1 Å². The molecule has 0 bridgehead atoms. The first kappa shape index (κ1) is 15.5. The molecule has 0 aliphatic carbocycles.